The lowest BCUT2D eigenvalue weighted by Crippen LogP contribution is -2.35. The van der Waals surface area contributed by atoms with Crippen LogP contribution in [0.25, 0.3) is 0 Å². The molecule has 1 N–H and O–H groups in total. The van der Waals surface area contributed by atoms with Gasteiger partial charge >= 0.3 is 0 Å². The molecule has 0 unspecified atom stereocenters. The Labute approximate surface area is 82.1 Å². The Balaban J connectivity index is 2.07. The zero-order chi connectivity index (χ0) is 9.97. The molecule has 0 aromatic carbocycles. The van der Waals surface area contributed by atoms with Crippen molar-refractivity contribution in [3.8, 4) is 0 Å². The minimum Gasteiger partial charge on any atom is -0.459 e. The van der Waals surface area contributed by atoms with Crippen molar-refractivity contribution in [3.63, 3.8) is 0 Å². The third-order valence-electron chi connectivity index (χ3n) is 2.32. The van der Waals surface area contributed by atoms with Crippen molar-refractivity contribution >= 4 is 5.91 Å². The molecule has 4 heteroatoms. The predicted octanol–water partition coefficient (Wildman–Crippen LogP) is 0.877. The van der Waals surface area contributed by atoms with E-state index in [1.807, 2.05) is 0 Å². The number of hydrogen-bond acceptors (Lipinski definition) is 3. The molecule has 1 amide bonds. The molecular formula is C10H13NO3. The summed E-state index contributed by atoms with van der Waals surface area (Å²) in [6, 6.07) is 3.64. The summed E-state index contributed by atoms with van der Waals surface area (Å²) in [6.07, 6.45) is 3.55. The number of aliphatic hydroxyl groups is 1. The van der Waals surface area contributed by atoms with Gasteiger partial charge in [-0.05, 0) is 25.0 Å². The van der Waals surface area contributed by atoms with Crippen molar-refractivity contribution in [2.45, 2.75) is 18.9 Å². The summed E-state index contributed by atoms with van der Waals surface area (Å²) in [4.78, 5) is 13.5. The first kappa shape index (κ1) is 9.27. The van der Waals surface area contributed by atoms with Crippen LogP contribution in [0.1, 0.15) is 23.4 Å². The molecule has 1 aromatic rings. The van der Waals surface area contributed by atoms with Gasteiger partial charge in [-0.2, -0.15) is 0 Å². The van der Waals surface area contributed by atoms with Crippen molar-refractivity contribution in [3.05, 3.63) is 24.2 Å². The van der Waals surface area contributed by atoms with Crippen molar-refractivity contribution < 1.29 is 14.3 Å². The number of carbonyl (C=O) groups is 1. The molecule has 1 heterocycles. The molecule has 1 fully saturated rings. The van der Waals surface area contributed by atoms with Crippen molar-refractivity contribution in [2.75, 3.05) is 13.2 Å². The van der Waals surface area contributed by atoms with Gasteiger partial charge in [-0.25, -0.2) is 0 Å². The van der Waals surface area contributed by atoms with Crippen LogP contribution in [0.2, 0.25) is 0 Å². The Morgan fingerprint density at radius 2 is 2.43 bits per heavy atom. The van der Waals surface area contributed by atoms with Gasteiger partial charge in [0.1, 0.15) is 0 Å². The fourth-order valence-corrected chi connectivity index (χ4v) is 1.49. The first-order valence-corrected chi connectivity index (χ1v) is 4.78. The van der Waals surface area contributed by atoms with Crippen LogP contribution >= 0.6 is 0 Å². The van der Waals surface area contributed by atoms with Gasteiger partial charge in [0.2, 0.25) is 0 Å². The van der Waals surface area contributed by atoms with E-state index in [-0.39, 0.29) is 12.5 Å². The van der Waals surface area contributed by atoms with Crippen LogP contribution in [0.4, 0.5) is 0 Å². The van der Waals surface area contributed by atoms with Gasteiger partial charge in [-0.15, -0.1) is 0 Å². The summed E-state index contributed by atoms with van der Waals surface area (Å²) in [5, 5.41) is 8.84. The van der Waals surface area contributed by atoms with Gasteiger partial charge < -0.3 is 14.4 Å². The highest BCUT2D eigenvalue weighted by Gasteiger charge is 2.33. The highest BCUT2D eigenvalue weighted by molar-refractivity contribution is 5.91. The molecule has 2 rings (SSSR count). The average molecular weight is 195 g/mol. The number of nitrogens with zero attached hydrogens (tertiary/aromatic N) is 1. The normalized spacial score (nSPS) is 15.5. The van der Waals surface area contributed by atoms with E-state index in [2.05, 4.69) is 0 Å². The molecule has 0 spiro atoms. The summed E-state index contributed by atoms with van der Waals surface area (Å²) < 4.78 is 5.03. The minimum atomic E-state index is -0.119. The van der Waals surface area contributed by atoms with Crippen LogP contribution in [-0.4, -0.2) is 35.1 Å². The van der Waals surface area contributed by atoms with Crippen LogP contribution in [-0.2, 0) is 0 Å². The zero-order valence-electron chi connectivity index (χ0n) is 7.85. The molecule has 0 bridgehead atoms. The Kier molecular flexibility index (Phi) is 2.54. The molecule has 0 saturated heterocycles. The van der Waals surface area contributed by atoms with E-state index in [1.165, 1.54) is 6.26 Å². The topological polar surface area (TPSA) is 53.7 Å². The van der Waals surface area contributed by atoms with Gasteiger partial charge in [-0.1, -0.05) is 0 Å². The molecule has 1 aromatic heterocycles. The average Bonchev–Trinajstić information content (AvgIpc) is 2.88. The third kappa shape index (κ3) is 1.80. The lowest BCUT2D eigenvalue weighted by atomic mass is 10.3. The van der Waals surface area contributed by atoms with E-state index in [4.69, 9.17) is 9.52 Å². The number of hydrogen-bond donors (Lipinski definition) is 1. The van der Waals surface area contributed by atoms with Crippen molar-refractivity contribution in [1.29, 1.82) is 0 Å². The van der Waals surface area contributed by atoms with E-state index in [1.54, 1.807) is 17.0 Å². The third-order valence-corrected chi connectivity index (χ3v) is 2.32. The lowest BCUT2D eigenvalue weighted by molar-refractivity contribution is 0.0675. The first-order chi connectivity index (χ1) is 6.83. The Morgan fingerprint density at radius 3 is 2.93 bits per heavy atom. The van der Waals surface area contributed by atoms with E-state index >= 15 is 0 Å². The van der Waals surface area contributed by atoms with E-state index in [0.29, 0.717) is 18.3 Å². The van der Waals surface area contributed by atoms with Gasteiger partial charge in [0.05, 0.1) is 12.9 Å². The van der Waals surface area contributed by atoms with Gasteiger partial charge in [0.25, 0.3) is 5.91 Å². The highest BCUT2D eigenvalue weighted by atomic mass is 16.3. The van der Waals surface area contributed by atoms with E-state index < -0.39 is 0 Å². The molecule has 0 radical (unpaired) electrons. The van der Waals surface area contributed by atoms with Gasteiger partial charge in [-0.3, -0.25) is 4.79 Å². The maximum absolute atomic E-state index is 11.8. The molecule has 1 saturated carbocycles. The summed E-state index contributed by atoms with van der Waals surface area (Å²) in [6.45, 7) is 0.396. The zero-order valence-corrected chi connectivity index (χ0v) is 7.85. The summed E-state index contributed by atoms with van der Waals surface area (Å²) >= 11 is 0. The monoisotopic (exact) mass is 195 g/mol. The second-order valence-electron chi connectivity index (χ2n) is 3.43. The van der Waals surface area contributed by atoms with Crippen molar-refractivity contribution in [2.24, 2.45) is 0 Å². The molecule has 14 heavy (non-hydrogen) atoms. The largest absolute Gasteiger partial charge is 0.459 e. The summed E-state index contributed by atoms with van der Waals surface area (Å²) in [5.41, 5.74) is 0. The maximum atomic E-state index is 11.8. The number of carbonyl (C=O) groups excluding carboxylic acids is 1. The van der Waals surface area contributed by atoms with E-state index in [9.17, 15) is 4.79 Å². The SMILES string of the molecule is O=C(c1ccco1)N(CCO)C1CC1. The molecule has 4 nitrogen and oxygen atoms in total. The smallest absolute Gasteiger partial charge is 0.289 e. The van der Waals surface area contributed by atoms with E-state index in [0.717, 1.165) is 12.8 Å². The second-order valence-corrected chi connectivity index (χ2v) is 3.43. The fraction of sp³-hybridized carbons (Fsp3) is 0.500. The molecule has 0 atom stereocenters. The van der Waals surface area contributed by atoms with Crippen LogP contribution in [0.3, 0.4) is 0 Å². The van der Waals surface area contributed by atoms with Crippen molar-refractivity contribution in [1.82, 2.24) is 4.90 Å². The fourth-order valence-electron chi connectivity index (χ4n) is 1.49. The molecule has 0 aliphatic heterocycles. The van der Waals surface area contributed by atoms with Crippen LogP contribution in [0, 0.1) is 0 Å². The van der Waals surface area contributed by atoms with Gasteiger partial charge in [0, 0.05) is 12.6 Å². The predicted molar refractivity (Wildman–Crippen MR) is 49.9 cm³/mol. The Bertz CT molecular complexity index is 303. The Hall–Kier alpha value is -1.29. The standard InChI is InChI=1S/C10H13NO3/c12-6-5-11(8-3-4-8)10(13)9-2-1-7-14-9/h1-2,7-8,12H,3-6H2. The maximum Gasteiger partial charge on any atom is 0.289 e. The molecule has 1 aliphatic carbocycles. The minimum absolute atomic E-state index is 0.00293. The molecular weight excluding hydrogens is 182 g/mol. The Morgan fingerprint density at radius 1 is 1.64 bits per heavy atom. The van der Waals surface area contributed by atoms with Gasteiger partial charge in [0.15, 0.2) is 5.76 Å². The van der Waals surface area contributed by atoms with Crippen LogP contribution < -0.4 is 0 Å². The number of furan rings is 1. The highest BCUT2D eigenvalue weighted by Crippen LogP contribution is 2.27. The lowest BCUT2D eigenvalue weighted by Gasteiger charge is -2.19. The summed E-state index contributed by atoms with van der Waals surface area (Å²) in [7, 11) is 0. The molecule has 1 aliphatic rings. The molecule has 76 valence electrons. The van der Waals surface area contributed by atoms with Crippen LogP contribution in [0.5, 0.6) is 0 Å². The number of amides is 1. The summed E-state index contributed by atoms with van der Waals surface area (Å²) in [5.74, 6) is 0.233. The number of rotatable bonds is 4. The first-order valence-electron chi connectivity index (χ1n) is 4.78. The van der Waals surface area contributed by atoms with Crippen LogP contribution in [0.15, 0.2) is 22.8 Å². The second kappa shape index (κ2) is 3.84. The number of aliphatic hydroxyl groups excluding tert-OH is 1. The quantitative estimate of drug-likeness (QED) is 0.775.